The molecule has 82 valence electrons. The second-order valence-electron chi connectivity index (χ2n) is 4.78. The van der Waals surface area contributed by atoms with Crippen LogP contribution in [0.25, 0.3) is 0 Å². The third-order valence-corrected chi connectivity index (χ3v) is 3.29. The third-order valence-electron chi connectivity index (χ3n) is 3.29. The molecule has 0 spiro atoms. The highest BCUT2D eigenvalue weighted by Crippen LogP contribution is 2.26. The van der Waals surface area contributed by atoms with Crippen LogP contribution >= 0.6 is 0 Å². The van der Waals surface area contributed by atoms with Crippen molar-refractivity contribution in [2.75, 3.05) is 39.3 Å². The minimum absolute atomic E-state index is 0.143. The molecule has 2 aliphatic rings. The lowest BCUT2D eigenvalue weighted by Crippen LogP contribution is -2.41. The highest BCUT2D eigenvalue weighted by Gasteiger charge is 2.31. The van der Waals surface area contributed by atoms with Crippen LogP contribution in [0.3, 0.4) is 0 Å². The van der Waals surface area contributed by atoms with Gasteiger partial charge in [0.2, 0.25) is 0 Å². The minimum atomic E-state index is 0.143. The van der Waals surface area contributed by atoms with E-state index in [0.29, 0.717) is 0 Å². The maximum absolute atomic E-state index is 5.82. The van der Waals surface area contributed by atoms with Gasteiger partial charge in [-0.25, -0.2) is 0 Å². The Bertz CT molecular complexity index is 170. The third kappa shape index (κ3) is 2.69. The Hall–Kier alpha value is -0.120. The van der Waals surface area contributed by atoms with E-state index in [1.165, 1.54) is 38.9 Å². The van der Waals surface area contributed by atoms with Crippen LogP contribution in [0.2, 0.25) is 0 Å². The fourth-order valence-electron chi connectivity index (χ4n) is 2.49. The standard InChI is InChI=1S/C11H22N2O/c1-11(4-2-9-14-11)10-13-7-3-5-12-6-8-13/h12H,2-10H2,1H3. The summed E-state index contributed by atoms with van der Waals surface area (Å²) in [5, 5.41) is 3.43. The topological polar surface area (TPSA) is 24.5 Å². The van der Waals surface area contributed by atoms with Crippen molar-refractivity contribution in [2.24, 2.45) is 0 Å². The predicted molar refractivity (Wildman–Crippen MR) is 57.5 cm³/mol. The maximum Gasteiger partial charge on any atom is 0.0781 e. The summed E-state index contributed by atoms with van der Waals surface area (Å²) in [6.45, 7) is 9.06. The molecule has 3 heteroatoms. The Labute approximate surface area is 86.8 Å². The number of nitrogens with one attached hydrogen (secondary N) is 1. The first kappa shape index (κ1) is 10.4. The molecule has 0 aromatic carbocycles. The second-order valence-corrected chi connectivity index (χ2v) is 4.78. The van der Waals surface area contributed by atoms with Crippen LogP contribution in [0.15, 0.2) is 0 Å². The van der Waals surface area contributed by atoms with Crippen molar-refractivity contribution in [3.8, 4) is 0 Å². The number of rotatable bonds is 2. The quantitative estimate of drug-likeness (QED) is 0.712. The first-order chi connectivity index (χ1) is 6.79. The average Bonchev–Trinajstić information content (AvgIpc) is 2.43. The molecule has 1 unspecified atom stereocenters. The van der Waals surface area contributed by atoms with E-state index in [4.69, 9.17) is 4.74 Å². The van der Waals surface area contributed by atoms with E-state index in [9.17, 15) is 0 Å². The molecular formula is C11H22N2O. The molecule has 0 radical (unpaired) electrons. The summed E-state index contributed by atoms with van der Waals surface area (Å²) < 4.78 is 5.82. The monoisotopic (exact) mass is 198 g/mol. The van der Waals surface area contributed by atoms with Crippen LogP contribution in [0.5, 0.6) is 0 Å². The van der Waals surface area contributed by atoms with E-state index in [-0.39, 0.29) is 5.60 Å². The SMILES string of the molecule is CC1(CN2CCCNCC2)CCCO1. The molecule has 0 saturated carbocycles. The normalized spacial score (nSPS) is 35.8. The van der Waals surface area contributed by atoms with E-state index in [2.05, 4.69) is 17.1 Å². The lowest BCUT2D eigenvalue weighted by molar-refractivity contribution is -0.00753. The molecule has 0 amide bonds. The minimum Gasteiger partial charge on any atom is -0.374 e. The van der Waals surface area contributed by atoms with E-state index in [1.54, 1.807) is 0 Å². The Morgan fingerprint density at radius 2 is 2.21 bits per heavy atom. The Kier molecular flexibility index (Phi) is 3.42. The first-order valence-corrected chi connectivity index (χ1v) is 5.86. The first-order valence-electron chi connectivity index (χ1n) is 5.86. The molecule has 0 aromatic heterocycles. The molecule has 14 heavy (non-hydrogen) atoms. The summed E-state index contributed by atoms with van der Waals surface area (Å²) in [6.07, 6.45) is 3.75. The molecule has 2 saturated heterocycles. The molecule has 3 nitrogen and oxygen atoms in total. The summed E-state index contributed by atoms with van der Waals surface area (Å²) in [5.41, 5.74) is 0.143. The molecule has 0 aromatic rings. The van der Waals surface area contributed by atoms with Crippen molar-refractivity contribution in [1.29, 1.82) is 0 Å². The van der Waals surface area contributed by atoms with Gasteiger partial charge in [0.15, 0.2) is 0 Å². The summed E-state index contributed by atoms with van der Waals surface area (Å²) in [4.78, 5) is 2.55. The zero-order valence-corrected chi connectivity index (χ0v) is 9.22. The van der Waals surface area contributed by atoms with E-state index in [1.807, 2.05) is 0 Å². The van der Waals surface area contributed by atoms with Crippen LogP contribution < -0.4 is 5.32 Å². The van der Waals surface area contributed by atoms with Crippen LogP contribution in [0.4, 0.5) is 0 Å². The van der Waals surface area contributed by atoms with Gasteiger partial charge in [0.25, 0.3) is 0 Å². The number of ether oxygens (including phenoxy) is 1. The zero-order valence-electron chi connectivity index (χ0n) is 9.22. The Morgan fingerprint density at radius 1 is 1.29 bits per heavy atom. The molecule has 1 N–H and O–H groups in total. The molecule has 0 bridgehead atoms. The maximum atomic E-state index is 5.82. The van der Waals surface area contributed by atoms with Crippen molar-refractivity contribution < 1.29 is 4.74 Å². The molecular weight excluding hydrogens is 176 g/mol. The molecule has 0 aliphatic carbocycles. The fourth-order valence-corrected chi connectivity index (χ4v) is 2.49. The van der Waals surface area contributed by atoms with Crippen LogP contribution in [0.1, 0.15) is 26.2 Å². The number of hydrogen-bond donors (Lipinski definition) is 1. The van der Waals surface area contributed by atoms with Gasteiger partial charge in [-0.3, -0.25) is 4.90 Å². The van der Waals surface area contributed by atoms with Crippen molar-refractivity contribution in [3.05, 3.63) is 0 Å². The van der Waals surface area contributed by atoms with Gasteiger partial charge < -0.3 is 10.1 Å². The summed E-state index contributed by atoms with van der Waals surface area (Å²) >= 11 is 0. The summed E-state index contributed by atoms with van der Waals surface area (Å²) in [5.74, 6) is 0. The molecule has 1 atom stereocenters. The lowest BCUT2D eigenvalue weighted by Gasteiger charge is -2.30. The van der Waals surface area contributed by atoms with E-state index >= 15 is 0 Å². The zero-order chi connectivity index (χ0) is 9.86. The van der Waals surface area contributed by atoms with Crippen LogP contribution in [-0.4, -0.2) is 49.8 Å². The van der Waals surface area contributed by atoms with Gasteiger partial charge in [-0.05, 0) is 39.3 Å². The Morgan fingerprint density at radius 3 is 3.00 bits per heavy atom. The van der Waals surface area contributed by atoms with Gasteiger partial charge >= 0.3 is 0 Å². The van der Waals surface area contributed by atoms with Crippen molar-refractivity contribution in [1.82, 2.24) is 10.2 Å². The van der Waals surface area contributed by atoms with Crippen molar-refractivity contribution >= 4 is 0 Å². The summed E-state index contributed by atoms with van der Waals surface area (Å²) in [6, 6.07) is 0. The van der Waals surface area contributed by atoms with E-state index in [0.717, 1.165) is 19.7 Å². The van der Waals surface area contributed by atoms with Gasteiger partial charge in [0, 0.05) is 26.2 Å². The van der Waals surface area contributed by atoms with E-state index < -0.39 is 0 Å². The van der Waals surface area contributed by atoms with Crippen LogP contribution in [0, 0.1) is 0 Å². The fraction of sp³-hybridized carbons (Fsp3) is 1.00. The number of nitrogens with zero attached hydrogens (tertiary/aromatic N) is 1. The molecule has 2 fully saturated rings. The smallest absolute Gasteiger partial charge is 0.0781 e. The molecule has 2 rings (SSSR count). The highest BCUT2D eigenvalue weighted by atomic mass is 16.5. The summed E-state index contributed by atoms with van der Waals surface area (Å²) in [7, 11) is 0. The predicted octanol–water partition coefficient (Wildman–Crippen LogP) is 0.851. The largest absolute Gasteiger partial charge is 0.374 e. The second kappa shape index (κ2) is 4.60. The van der Waals surface area contributed by atoms with Crippen molar-refractivity contribution in [3.63, 3.8) is 0 Å². The average molecular weight is 198 g/mol. The Balaban J connectivity index is 1.82. The molecule has 2 heterocycles. The van der Waals surface area contributed by atoms with Crippen molar-refractivity contribution in [2.45, 2.75) is 31.8 Å². The molecule has 2 aliphatic heterocycles. The lowest BCUT2D eigenvalue weighted by atomic mass is 10.0. The van der Waals surface area contributed by atoms with Crippen LogP contribution in [-0.2, 0) is 4.74 Å². The number of hydrogen-bond acceptors (Lipinski definition) is 3. The van der Waals surface area contributed by atoms with Gasteiger partial charge in [-0.2, -0.15) is 0 Å². The van der Waals surface area contributed by atoms with Gasteiger partial charge in [-0.1, -0.05) is 0 Å². The van der Waals surface area contributed by atoms with Gasteiger partial charge in [-0.15, -0.1) is 0 Å². The highest BCUT2D eigenvalue weighted by molar-refractivity contribution is 4.84. The van der Waals surface area contributed by atoms with Gasteiger partial charge in [0.1, 0.15) is 0 Å². The van der Waals surface area contributed by atoms with Gasteiger partial charge in [0.05, 0.1) is 5.60 Å².